The highest BCUT2D eigenvalue weighted by atomic mass is 16.2. The van der Waals surface area contributed by atoms with Gasteiger partial charge >= 0.3 is 12.0 Å². The highest BCUT2D eigenvalue weighted by Crippen LogP contribution is 1.80. The van der Waals surface area contributed by atoms with Gasteiger partial charge in [-0.1, -0.05) is 0 Å². The fourth-order valence-electron chi connectivity index (χ4n) is 0.685. The highest BCUT2D eigenvalue weighted by Gasteiger charge is 2.29. The fourth-order valence-corrected chi connectivity index (χ4v) is 0.685. The van der Waals surface area contributed by atoms with Gasteiger partial charge in [-0.2, -0.15) is 0 Å². The Morgan fingerprint density at radius 1 is 1.45 bits per heavy atom. The van der Waals surface area contributed by atoms with Crippen molar-refractivity contribution in [1.29, 1.82) is 0 Å². The number of hydrogen-bond donors (Lipinski definition) is 5. The van der Waals surface area contributed by atoms with E-state index in [9.17, 15) is 9.59 Å². The number of amides is 3. The molecular weight excluding hydrogens is 150 g/mol. The van der Waals surface area contributed by atoms with E-state index in [2.05, 4.69) is 10.3 Å². The van der Waals surface area contributed by atoms with Crippen LogP contribution in [0, 0.1) is 0 Å². The zero-order valence-electron chi connectivity index (χ0n) is 5.55. The summed E-state index contributed by atoms with van der Waals surface area (Å²) >= 11 is 0. The number of guanidine groups is 1. The summed E-state index contributed by atoms with van der Waals surface area (Å²) in [6.45, 7) is 0. The number of rotatable bonds is 1. The minimum Gasteiger partial charge on any atom is -0.297 e. The summed E-state index contributed by atoms with van der Waals surface area (Å²) in [5.41, 5.74) is 10.1. The summed E-state index contributed by atoms with van der Waals surface area (Å²) in [6, 6.07) is -0.561. The fraction of sp³-hybridized carbons (Fsp3) is 0.250. The molecule has 7 N–H and O–H groups in total. The van der Waals surface area contributed by atoms with Crippen LogP contribution in [0.2, 0.25) is 0 Å². The second-order valence-corrected chi connectivity index (χ2v) is 2.00. The SMILES string of the molecule is NC(N)=[NH+]C1NC(=O)NC1=O. The van der Waals surface area contributed by atoms with Gasteiger partial charge in [0.25, 0.3) is 5.91 Å². The molecule has 1 unspecified atom stereocenters. The molecule has 3 amide bonds. The molecule has 1 aliphatic heterocycles. The lowest BCUT2D eigenvalue weighted by molar-refractivity contribution is -0.491. The Morgan fingerprint density at radius 3 is 2.45 bits per heavy atom. The van der Waals surface area contributed by atoms with E-state index >= 15 is 0 Å². The van der Waals surface area contributed by atoms with Crippen molar-refractivity contribution in [2.24, 2.45) is 11.5 Å². The van der Waals surface area contributed by atoms with Gasteiger partial charge in [-0.15, -0.1) is 0 Å². The quantitative estimate of drug-likeness (QED) is 0.150. The molecule has 60 valence electrons. The Hall–Kier alpha value is -1.79. The third-order valence-corrected chi connectivity index (χ3v) is 1.09. The monoisotopic (exact) mass is 158 g/mol. The summed E-state index contributed by atoms with van der Waals surface area (Å²) in [6.07, 6.45) is -0.854. The molecule has 1 aliphatic rings. The summed E-state index contributed by atoms with van der Waals surface area (Å²) in [4.78, 5) is 23.6. The van der Waals surface area contributed by atoms with Crippen LogP contribution in [0.4, 0.5) is 4.79 Å². The first kappa shape index (κ1) is 7.32. The molecule has 0 bridgehead atoms. The normalized spacial score (nSPS) is 22.4. The molecule has 0 saturated carbocycles. The van der Waals surface area contributed by atoms with E-state index in [1.165, 1.54) is 0 Å². The molecule has 11 heavy (non-hydrogen) atoms. The van der Waals surface area contributed by atoms with Crippen LogP contribution >= 0.6 is 0 Å². The van der Waals surface area contributed by atoms with Gasteiger partial charge < -0.3 is 0 Å². The van der Waals surface area contributed by atoms with Crippen molar-refractivity contribution in [2.75, 3.05) is 0 Å². The third kappa shape index (κ3) is 1.57. The van der Waals surface area contributed by atoms with E-state index in [0.29, 0.717) is 0 Å². The Labute approximate surface area is 61.8 Å². The first-order valence-electron chi connectivity index (χ1n) is 2.85. The van der Waals surface area contributed by atoms with Gasteiger partial charge in [0.1, 0.15) is 0 Å². The maximum Gasteiger partial charge on any atom is 0.340 e. The molecule has 0 aromatic heterocycles. The number of nitrogens with one attached hydrogen (secondary N) is 3. The van der Waals surface area contributed by atoms with E-state index in [1.54, 1.807) is 0 Å². The smallest absolute Gasteiger partial charge is 0.297 e. The number of nitrogens with two attached hydrogens (primary N) is 2. The summed E-state index contributed by atoms with van der Waals surface area (Å²) < 4.78 is 0. The summed E-state index contributed by atoms with van der Waals surface area (Å²) in [5, 5.41) is 4.24. The summed E-state index contributed by atoms with van der Waals surface area (Å²) in [7, 11) is 0. The second kappa shape index (κ2) is 2.45. The van der Waals surface area contributed by atoms with Crippen LogP contribution in [0.3, 0.4) is 0 Å². The largest absolute Gasteiger partial charge is 0.340 e. The standard InChI is InChI=1S/C4H7N5O2/c5-3(6)7-1-2(10)9-4(11)8-1/h1H,(H4,5,6,7)(H2,8,9,10,11)/p+1. The lowest BCUT2D eigenvalue weighted by Crippen LogP contribution is -2.88. The number of urea groups is 1. The lowest BCUT2D eigenvalue weighted by Gasteiger charge is -1.96. The highest BCUT2D eigenvalue weighted by molar-refractivity contribution is 6.03. The number of carbonyl (C=O) groups excluding carboxylic acids is 2. The van der Waals surface area contributed by atoms with E-state index < -0.39 is 18.1 Å². The Morgan fingerprint density at radius 2 is 2.09 bits per heavy atom. The maximum absolute atomic E-state index is 10.7. The van der Waals surface area contributed by atoms with E-state index in [4.69, 9.17) is 11.5 Å². The van der Waals surface area contributed by atoms with Crippen LogP contribution in [-0.4, -0.2) is 24.1 Å². The van der Waals surface area contributed by atoms with Crippen molar-refractivity contribution in [3.05, 3.63) is 0 Å². The molecule has 7 heteroatoms. The van der Waals surface area contributed by atoms with E-state index in [0.717, 1.165) is 0 Å². The van der Waals surface area contributed by atoms with Crippen molar-refractivity contribution < 1.29 is 14.6 Å². The molecule has 1 atom stereocenters. The first-order chi connectivity index (χ1) is 5.09. The number of imide groups is 1. The molecule has 0 spiro atoms. The minimum atomic E-state index is -0.854. The molecule has 7 nitrogen and oxygen atoms in total. The van der Waals surface area contributed by atoms with Gasteiger partial charge in [0.2, 0.25) is 6.17 Å². The van der Waals surface area contributed by atoms with Crippen LogP contribution < -0.4 is 27.1 Å². The zero-order chi connectivity index (χ0) is 8.43. The zero-order valence-corrected chi connectivity index (χ0v) is 5.55. The van der Waals surface area contributed by atoms with Gasteiger partial charge in [-0.3, -0.25) is 26.9 Å². The van der Waals surface area contributed by atoms with Crippen molar-refractivity contribution in [2.45, 2.75) is 6.17 Å². The third-order valence-electron chi connectivity index (χ3n) is 1.09. The Bertz CT molecular complexity index is 231. The van der Waals surface area contributed by atoms with Crippen molar-refractivity contribution >= 4 is 17.9 Å². The van der Waals surface area contributed by atoms with E-state index in [1.807, 2.05) is 5.32 Å². The maximum atomic E-state index is 10.7. The topological polar surface area (TPSA) is 124 Å². The average molecular weight is 158 g/mol. The Kier molecular flexibility index (Phi) is 1.63. The molecular formula is C4H8N5O2+. The first-order valence-corrected chi connectivity index (χ1v) is 2.85. The molecule has 0 aliphatic carbocycles. The van der Waals surface area contributed by atoms with Gasteiger partial charge in [-0.25, -0.2) is 9.79 Å². The van der Waals surface area contributed by atoms with Crippen LogP contribution in [-0.2, 0) is 4.79 Å². The van der Waals surface area contributed by atoms with Crippen LogP contribution in [0.15, 0.2) is 0 Å². The average Bonchev–Trinajstić information content (AvgIpc) is 2.09. The molecule has 1 saturated heterocycles. The minimum absolute atomic E-state index is 0.118. The predicted molar refractivity (Wildman–Crippen MR) is 34.8 cm³/mol. The molecule has 1 heterocycles. The van der Waals surface area contributed by atoms with Crippen molar-refractivity contribution in [3.63, 3.8) is 0 Å². The molecule has 0 radical (unpaired) electrons. The van der Waals surface area contributed by atoms with Gasteiger partial charge in [0.05, 0.1) is 0 Å². The molecule has 1 fully saturated rings. The van der Waals surface area contributed by atoms with E-state index in [-0.39, 0.29) is 5.96 Å². The Balaban J connectivity index is 2.68. The van der Waals surface area contributed by atoms with Gasteiger partial charge in [0, 0.05) is 0 Å². The van der Waals surface area contributed by atoms with Crippen LogP contribution in [0.25, 0.3) is 0 Å². The number of hydrogen-bond acceptors (Lipinski definition) is 2. The summed E-state index contributed by atoms with van der Waals surface area (Å²) in [5.74, 6) is -0.615. The lowest BCUT2D eigenvalue weighted by atomic mass is 10.5. The second-order valence-electron chi connectivity index (χ2n) is 2.00. The molecule has 0 aromatic carbocycles. The van der Waals surface area contributed by atoms with Crippen molar-refractivity contribution in [1.82, 2.24) is 10.6 Å². The number of carbonyl (C=O) groups is 2. The van der Waals surface area contributed by atoms with Gasteiger partial charge in [0.15, 0.2) is 0 Å². The molecule has 0 aromatic rings. The molecule has 1 rings (SSSR count). The van der Waals surface area contributed by atoms with Crippen molar-refractivity contribution in [3.8, 4) is 0 Å². The van der Waals surface area contributed by atoms with Gasteiger partial charge in [-0.05, 0) is 0 Å². The predicted octanol–water partition coefficient (Wildman–Crippen LogP) is -4.49. The van der Waals surface area contributed by atoms with Crippen LogP contribution in [0.1, 0.15) is 0 Å². The van der Waals surface area contributed by atoms with Crippen LogP contribution in [0.5, 0.6) is 0 Å².